The van der Waals surface area contributed by atoms with E-state index in [2.05, 4.69) is 33.0 Å². The van der Waals surface area contributed by atoms with Crippen LogP contribution in [0, 0.1) is 17.3 Å². The number of rotatable bonds is 29. The highest BCUT2D eigenvalue weighted by atomic mass is 16.6. The molecule has 0 saturated carbocycles. The minimum Gasteiger partial charge on any atom is -0.481 e. The molecule has 1 aliphatic rings. The zero-order chi connectivity index (χ0) is 34.0. The predicted octanol–water partition coefficient (Wildman–Crippen LogP) is 10.2. The molecule has 270 valence electrons. The van der Waals surface area contributed by atoms with Gasteiger partial charge in [0.2, 0.25) is 0 Å². The maximum absolute atomic E-state index is 13.3. The number of carboxylic acid groups (broad SMARTS) is 1. The molecule has 1 heterocycles. The van der Waals surface area contributed by atoms with Crippen molar-refractivity contribution in [3.63, 3.8) is 0 Å². The lowest BCUT2D eigenvalue weighted by atomic mass is 9.67. The van der Waals surface area contributed by atoms with E-state index in [9.17, 15) is 19.5 Å². The molecule has 7 heteroatoms. The summed E-state index contributed by atoms with van der Waals surface area (Å²) in [5, 5.41) is 14.1. The van der Waals surface area contributed by atoms with E-state index in [1.54, 1.807) is 6.92 Å². The molecule has 0 aromatic rings. The van der Waals surface area contributed by atoms with Crippen LogP contribution in [0.5, 0.6) is 0 Å². The molecule has 0 spiro atoms. The minimum absolute atomic E-state index is 0.0229. The highest BCUT2D eigenvalue weighted by molar-refractivity contribution is 5.76. The fraction of sp³-hybridized carbons (Fsp3) is 0.923. The molecule has 4 atom stereocenters. The van der Waals surface area contributed by atoms with Crippen molar-refractivity contribution in [3.8, 4) is 0 Å². The van der Waals surface area contributed by atoms with Crippen LogP contribution in [0.3, 0.4) is 0 Å². The third-order valence-corrected chi connectivity index (χ3v) is 10.1. The van der Waals surface area contributed by atoms with Gasteiger partial charge in [-0.25, -0.2) is 0 Å². The molecular weight excluding hydrogens is 578 g/mol. The standard InChI is InChI=1S/C39H73NO6/c1-6-10-14-16-23-33(21-12-8-3)29-39(38(43)44,30-34(22-13-9-4)24-17-15-11-7-2)27-20-26-36(41)45-31-32(5)46-37(42)35-25-18-19-28-40-35/h32-35,40H,6-31H2,1-5H3,(H,43,44). The molecule has 0 aliphatic carbocycles. The molecule has 4 unspecified atom stereocenters. The molecule has 0 amide bonds. The van der Waals surface area contributed by atoms with Crippen LogP contribution in [0.15, 0.2) is 0 Å². The summed E-state index contributed by atoms with van der Waals surface area (Å²) in [6.07, 6.45) is 23.5. The number of nitrogens with one attached hydrogen (secondary N) is 1. The van der Waals surface area contributed by atoms with Gasteiger partial charge in [-0.2, -0.15) is 0 Å². The molecule has 2 N–H and O–H groups in total. The van der Waals surface area contributed by atoms with Crippen LogP contribution in [-0.2, 0) is 23.9 Å². The van der Waals surface area contributed by atoms with Gasteiger partial charge in [0, 0.05) is 6.42 Å². The Morgan fingerprint density at radius 1 is 0.761 bits per heavy atom. The van der Waals surface area contributed by atoms with E-state index in [4.69, 9.17) is 9.47 Å². The van der Waals surface area contributed by atoms with Crippen LogP contribution in [0.25, 0.3) is 0 Å². The molecule has 1 saturated heterocycles. The quantitative estimate of drug-likeness (QED) is 0.0613. The smallest absolute Gasteiger partial charge is 0.323 e. The summed E-state index contributed by atoms with van der Waals surface area (Å²) in [6.45, 7) is 11.5. The van der Waals surface area contributed by atoms with Crippen molar-refractivity contribution in [2.75, 3.05) is 13.2 Å². The molecule has 1 aliphatic heterocycles. The van der Waals surface area contributed by atoms with Crippen LogP contribution in [0.2, 0.25) is 0 Å². The first-order valence-corrected chi connectivity index (χ1v) is 19.5. The van der Waals surface area contributed by atoms with Gasteiger partial charge in [-0.3, -0.25) is 14.4 Å². The van der Waals surface area contributed by atoms with E-state index in [0.717, 1.165) is 77.2 Å². The number of carbonyl (C=O) groups excluding carboxylic acids is 2. The van der Waals surface area contributed by atoms with Gasteiger partial charge in [-0.1, -0.05) is 137 Å². The summed E-state index contributed by atoms with van der Waals surface area (Å²) in [5.74, 6) is -0.499. The Kier molecular flexibility index (Phi) is 24.3. The van der Waals surface area contributed by atoms with Gasteiger partial charge in [0.1, 0.15) is 18.8 Å². The predicted molar refractivity (Wildman–Crippen MR) is 189 cm³/mol. The van der Waals surface area contributed by atoms with Crippen LogP contribution >= 0.6 is 0 Å². The van der Waals surface area contributed by atoms with Crippen molar-refractivity contribution in [1.82, 2.24) is 5.32 Å². The van der Waals surface area contributed by atoms with E-state index in [0.29, 0.717) is 37.5 Å². The molecule has 0 aromatic carbocycles. The molecule has 0 bridgehead atoms. The Balaban J connectivity index is 2.95. The number of unbranched alkanes of at least 4 members (excludes halogenated alkanes) is 8. The van der Waals surface area contributed by atoms with Gasteiger partial charge >= 0.3 is 17.9 Å². The zero-order valence-corrected chi connectivity index (χ0v) is 30.7. The summed E-state index contributed by atoms with van der Waals surface area (Å²) in [6, 6.07) is -0.281. The fourth-order valence-corrected chi connectivity index (χ4v) is 7.30. The number of carbonyl (C=O) groups is 3. The van der Waals surface area contributed by atoms with E-state index in [1.807, 2.05) is 0 Å². The fourth-order valence-electron chi connectivity index (χ4n) is 7.30. The second-order valence-electron chi connectivity index (χ2n) is 14.5. The third-order valence-electron chi connectivity index (χ3n) is 10.1. The average molecular weight is 652 g/mol. The van der Waals surface area contributed by atoms with Gasteiger partial charge in [0.05, 0.1) is 5.41 Å². The number of hydrogen-bond acceptors (Lipinski definition) is 6. The van der Waals surface area contributed by atoms with Gasteiger partial charge in [0.25, 0.3) is 0 Å². The van der Waals surface area contributed by atoms with E-state index >= 15 is 0 Å². The SMILES string of the molecule is CCCCCCC(CCCC)CC(CCCC(=O)OCC(C)OC(=O)C1CCCCN1)(CC(CCCC)CCCCCC)C(=O)O. The maximum Gasteiger partial charge on any atom is 0.323 e. The first-order valence-electron chi connectivity index (χ1n) is 19.5. The zero-order valence-electron chi connectivity index (χ0n) is 30.7. The van der Waals surface area contributed by atoms with Crippen molar-refractivity contribution in [1.29, 1.82) is 0 Å². The number of esters is 2. The van der Waals surface area contributed by atoms with E-state index in [1.165, 1.54) is 51.4 Å². The lowest BCUT2D eigenvalue weighted by molar-refractivity contribution is -0.160. The van der Waals surface area contributed by atoms with Crippen molar-refractivity contribution >= 4 is 17.9 Å². The Morgan fingerprint density at radius 3 is 1.78 bits per heavy atom. The summed E-state index contributed by atoms with van der Waals surface area (Å²) < 4.78 is 11.0. The molecule has 46 heavy (non-hydrogen) atoms. The average Bonchev–Trinajstić information content (AvgIpc) is 3.05. The largest absolute Gasteiger partial charge is 0.481 e. The van der Waals surface area contributed by atoms with E-state index in [-0.39, 0.29) is 31.0 Å². The van der Waals surface area contributed by atoms with Crippen LogP contribution in [-0.4, -0.2) is 48.3 Å². The van der Waals surface area contributed by atoms with Gasteiger partial charge in [-0.15, -0.1) is 0 Å². The van der Waals surface area contributed by atoms with E-state index < -0.39 is 17.5 Å². The molecule has 1 rings (SSSR count). The number of hydrogen-bond donors (Lipinski definition) is 2. The van der Waals surface area contributed by atoms with Crippen molar-refractivity contribution in [2.45, 2.75) is 201 Å². The van der Waals surface area contributed by atoms with Crippen molar-refractivity contribution in [2.24, 2.45) is 17.3 Å². The molecule has 0 radical (unpaired) electrons. The highest BCUT2D eigenvalue weighted by Crippen LogP contribution is 2.44. The molecule has 0 aromatic heterocycles. The summed E-state index contributed by atoms with van der Waals surface area (Å²) in [5.41, 5.74) is -0.817. The summed E-state index contributed by atoms with van der Waals surface area (Å²) in [7, 11) is 0. The first-order chi connectivity index (χ1) is 22.2. The Morgan fingerprint density at radius 2 is 1.30 bits per heavy atom. The number of ether oxygens (including phenoxy) is 2. The normalized spacial score (nSPS) is 18.3. The van der Waals surface area contributed by atoms with Crippen LogP contribution in [0.1, 0.15) is 189 Å². The molecular formula is C39H73NO6. The van der Waals surface area contributed by atoms with Crippen molar-refractivity contribution < 1.29 is 29.0 Å². The molecule has 1 fully saturated rings. The number of aliphatic carboxylic acids is 1. The van der Waals surface area contributed by atoms with Gasteiger partial charge < -0.3 is 19.9 Å². The third kappa shape index (κ3) is 18.6. The highest BCUT2D eigenvalue weighted by Gasteiger charge is 2.41. The van der Waals surface area contributed by atoms with Crippen LogP contribution in [0.4, 0.5) is 0 Å². The second-order valence-corrected chi connectivity index (χ2v) is 14.5. The Bertz CT molecular complexity index is 769. The van der Waals surface area contributed by atoms with Crippen LogP contribution < -0.4 is 5.32 Å². The summed E-state index contributed by atoms with van der Waals surface area (Å²) >= 11 is 0. The Labute approximate surface area is 283 Å². The maximum atomic E-state index is 13.3. The topological polar surface area (TPSA) is 102 Å². The number of piperidine rings is 1. The summed E-state index contributed by atoms with van der Waals surface area (Å²) in [4.78, 5) is 38.6. The minimum atomic E-state index is -0.817. The lowest BCUT2D eigenvalue weighted by Gasteiger charge is -2.37. The van der Waals surface area contributed by atoms with Gasteiger partial charge in [-0.05, 0) is 63.8 Å². The Hall–Kier alpha value is -1.63. The van der Waals surface area contributed by atoms with Gasteiger partial charge in [0.15, 0.2) is 0 Å². The lowest BCUT2D eigenvalue weighted by Crippen LogP contribution is -2.42. The molecule has 7 nitrogen and oxygen atoms in total. The number of carboxylic acids is 1. The first kappa shape index (κ1) is 42.4. The monoisotopic (exact) mass is 652 g/mol. The van der Waals surface area contributed by atoms with Crippen molar-refractivity contribution in [3.05, 3.63) is 0 Å². The second kappa shape index (κ2) is 26.3.